The summed E-state index contributed by atoms with van der Waals surface area (Å²) in [7, 11) is 8.44. The van der Waals surface area contributed by atoms with E-state index in [1.54, 1.807) is 7.11 Å². The zero-order chi connectivity index (χ0) is 16.2. The fourth-order valence-electron chi connectivity index (χ4n) is 6.01. The van der Waals surface area contributed by atoms with E-state index in [1.165, 1.54) is 60.7 Å². The molecule has 3 heteroatoms. The van der Waals surface area contributed by atoms with E-state index in [2.05, 4.69) is 26.2 Å². The molecule has 1 aromatic carbocycles. The summed E-state index contributed by atoms with van der Waals surface area (Å²) < 4.78 is 12.7. The summed E-state index contributed by atoms with van der Waals surface area (Å²) in [6.07, 6.45) is 7.94. The van der Waals surface area contributed by atoms with Gasteiger partial charge in [0.15, 0.2) is 11.5 Å². The lowest BCUT2D eigenvalue weighted by molar-refractivity contribution is -0.927. The molecule has 0 unspecified atom stereocenters. The molecule has 1 saturated heterocycles. The van der Waals surface area contributed by atoms with E-state index in [4.69, 9.17) is 9.47 Å². The van der Waals surface area contributed by atoms with Gasteiger partial charge in [0.05, 0.1) is 40.9 Å². The van der Waals surface area contributed by atoms with Crippen molar-refractivity contribution >= 4 is 0 Å². The van der Waals surface area contributed by atoms with Crippen molar-refractivity contribution in [2.24, 2.45) is 5.92 Å². The van der Waals surface area contributed by atoms with Crippen LogP contribution < -0.4 is 9.47 Å². The second kappa shape index (κ2) is 5.14. The summed E-state index contributed by atoms with van der Waals surface area (Å²) in [4.78, 5) is 0. The monoisotopic (exact) mass is 316 g/mol. The summed E-state index contributed by atoms with van der Waals surface area (Å²) in [6.45, 7) is 1.28. The molecule has 23 heavy (non-hydrogen) atoms. The Kier molecular flexibility index (Phi) is 3.42. The van der Waals surface area contributed by atoms with Gasteiger partial charge >= 0.3 is 0 Å². The molecule has 2 aliphatic carbocycles. The summed E-state index contributed by atoms with van der Waals surface area (Å²) in [5, 5.41) is 0. The van der Waals surface area contributed by atoms with E-state index in [-0.39, 0.29) is 0 Å². The molecule has 1 aliphatic heterocycles. The molecule has 126 valence electrons. The molecule has 0 amide bonds. The van der Waals surface area contributed by atoms with Crippen LogP contribution in [0.15, 0.2) is 12.1 Å². The highest BCUT2D eigenvalue weighted by molar-refractivity contribution is 5.57. The van der Waals surface area contributed by atoms with Crippen LogP contribution in [0, 0.1) is 5.92 Å². The molecular weight excluding hydrogens is 286 g/mol. The Hall–Kier alpha value is -1.22. The van der Waals surface area contributed by atoms with Crippen molar-refractivity contribution in [1.82, 2.24) is 0 Å². The largest absolute Gasteiger partial charge is 0.493 e. The van der Waals surface area contributed by atoms with Gasteiger partial charge in [-0.15, -0.1) is 0 Å². The fourth-order valence-corrected chi connectivity index (χ4v) is 6.01. The molecule has 2 bridgehead atoms. The molecule has 3 atom stereocenters. The molecule has 0 N–H and O–H groups in total. The number of quaternary nitrogens is 1. The van der Waals surface area contributed by atoms with Crippen LogP contribution in [0.2, 0.25) is 0 Å². The maximum Gasteiger partial charge on any atom is 0.164 e. The van der Waals surface area contributed by atoms with Crippen LogP contribution in [0.4, 0.5) is 0 Å². The van der Waals surface area contributed by atoms with Gasteiger partial charge in [0.1, 0.15) is 0 Å². The molecule has 1 heterocycles. The predicted octanol–water partition coefficient (Wildman–Crippen LogP) is 3.54. The third kappa shape index (κ3) is 1.98. The Morgan fingerprint density at radius 1 is 1.09 bits per heavy atom. The van der Waals surface area contributed by atoms with Crippen molar-refractivity contribution in [2.45, 2.75) is 50.0 Å². The quantitative estimate of drug-likeness (QED) is 0.777. The van der Waals surface area contributed by atoms with Gasteiger partial charge < -0.3 is 14.0 Å². The number of rotatable bonds is 2. The summed E-state index contributed by atoms with van der Waals surface area (Å²) >= 11 is 0. The maximum absolute atomic E-state index is 5.89. The minimum atomic E-state index is 0.324. The van der Waals surface area contributed by atoms with Gasteiger partial charge in [0.2, 0.25) is 0 Å². The van der Waals surface area contributed by atoms with Crippen LogP contribution in [-0.4, -0.2) is 45.4 Å². The number of methoxy groups -OCH3 is 2. The predicted molar refractivity (Wildman–Crippen MR) is 92.3 cm³/mol. The topological polar surface area (TPSA) is 18.5 Å². The lowest BCUT2D eigenvalue weighted by atomic mass is 9.51. The van der Waals surface area contributed by atoms with Crippen LogP contribution in [-0.2, 0) is 11.8 Å². The van der Waals surface area contributed by atoms with Gasteiger partial charge in [-0.2, -0.15) is 0 Å². The lowest BCUT2D eigenvalue weighted by Crippen LogP contribution is -2.66. The average Bonchev–Trinajstić information content (AvgIpc) is 2.57. The van der Waals surface area contributed by atoms with Gasteiger partial charge in [-0.1, -0.05) is 18.9 Å². The Balaban J connectivity index is 1.95. The van der Waals surface area contributed by atoms with Crippen LogP contribution >= 0.6 is 0 Å². The number of likely N-dealkylation sites (N-methyl/N-ethyl adjacent to an activating group) is 1. The van der Waals surface area contributed by atoms with Crippen molar-refractivity contribution < 1.29 is 14.0 Å². The van der Waals surface area contributed by atoms with E-state index in [0.29, 0.717) is 5.41 Å². The van der Waals surface area contributed by atoms with Gasteiger partial charge in [0.25, 0.3) is 0 Å². The first-order chi connectivity index (χ1) is 11.0. The molecule has 1 aromatic rings. The van der Waals surface area contributed by atoms with Crippen molar-refractivity contribution in [3.8, 4) is 11.5 Å². The van der Waals surface area contributed by atoms with Crippen LogP contribution in [0.1, 0.15) is 43.2 Å². The second-order valence-electron chi connectivity index (χ2n) is 8.37. The SMILES string of the molecule is COc1ccc2c(c1OC)[C@@]13CCCC[C@H]1[C@@H](C2)[N+](C)(C)CC3. The van der Waals surface area contributed by atoms with E-state index in [1.807, 2.05) is 7.11 Å². The molecule has 3 nitrogen and oxygen atoms in total. The number of piperidine rings is 1. The number of nitrogens with zero attached hydrogens (tertiary/aromatic N) is 1. The first kappa shape index (κ1) is 15.3. The van der Waals surface area contributed by atoms with Crippen LogP contribution in [0.3, 0.4) is 0 Å². The number of ether oxygens (including phenoxy) is 2. The molecule has 0 aromatic heterocycles. The van der Waals surface area contributed by atoms with E-state index >= 15 is 0 Å². The smallest absolute Gasteiger partial charge is 0.164 e. The van der Waals surface area contributed by atoms with Gasteiger partial charge in [-0.25, -0.2) is 0 Å². The molecule has 1 saturated carbocycles. The van der Waals surface area contributed by atoms with Crippen LogP contribution in [0.5, 0.6) is 11.5 Å². The number of benzene rings is 1. The minimum Gasteiger partial charge on any atom is -0.493 e. The normalized spacial score (nSPS) is 34.3. The zero-order valence-electron chi connectivity index (χ0n) is 15.0. The standard InChI is InChI=1S/C20H30NO2/c1-21(2)12-11-20-10-6-5-7-15(20)16(21)13-14-8-9-17(22-3)19(23-4)18(14)20/h8-9,15-16H,5-7,10-13H2,1-4H3/q+1/t15-,16+,20+/m0/s1. The highest BCUT2D eigenvalue weighted by atomic mass is 16.5. The Morgan fingerprint density at radius 3 is 2.65 bits per heavy atom. The third-order valence-electron chi connectivity index (χ3n) is 7.15. The maximum atomic E-state index is 5.89. The van der Waals surface area contributed by atoms with E-state index in [9.17, 15) is 0 Å². The molecule has 3 aliphatic rings. The highest BCUT2D eigenvalue weighted by Crippen LogP contribution is 2.60. The van der Waals surface area contributed by atoms with Crippen molar-refractivity contribution in [3.05, 3.63) is 23.3 Å². The first-order valence-electron chi connectivity index (χ1n) is 9.10. The van der Waals surface area contributed by atoms with Gasteiger partial charge in [-0.05, 0) is 24.5 Å². The van der Waals surface area contributed by atoms with Crippen molar-refractivity contribution in [3.63, 3.8) is 0 Å². The molecule has 0 radical (unpaired) electrons. The van der Waals surface area contributed by atoms with Gasteiger partial charge in [0, 0.05) is 29.7 Å². The highest BCUT2D eigenvalue weighted by Gasteiger charge is 2.59. The molecule has 0 spiro atoms. The first-order valence-corrected chi connectivity index (χ1v) is 9.10. The summed E-state index contributed by atoms with van der Waals surface area (Å²) in [5.74, 6) is 2.72. The Morgan fingerprint density at radius 2 is 1.91 bits per heavy atom. The summed E-state index contributed by atoms with van der Waals surface area (Å²) in [5.41, 5.74) is 3.33. The van der Waals surface area contributed by atoms with Crippen molar-refractivity contribution in [1.29, 1.82) is 0 Å². The molecular formula is C20H30NO2+. The Bertz CT molecular complexity index is 624. The van der Waals surface area contributed by atoms with E-state index < -0.39 is 0 Å². The zero-order valence-corrected chi connectivity index (χ0v) is 15.0. The van der Waals surface area contributed by atoms with Gasteiger partial charge in [-0.3, -0.25) is 0 Å². The number of likely N-dealkylation sites (tertiary alicyclic amines) is 1. The third-order valence-corrected chi connectivity index (χ3v) is 7.15. The second-order valence-corrected chi connectivity index (χ2v) is 8.37. The molecule has 2 fully saturated rings. The minimum absolute atomic E-state index is 0.324. The number of hydrogen-bond acceptors (Lipinski definition) is 2. The fraction of sp³-hybridized carbons (Fsp3) is 0.700. The lowest BCUT2D eigenvalue weighted by Gasteiger charge is -2.60. The van der Waals surface area contributed by atoms with Crippen molar-refractivity contribution in [2.75, 3.05) is 34.9 Å². The summed E-state index contributed by atoms with van der Waals surface area (Å²) in [6, 6.07) is 5.17. The Labute approximate surface area is 140 Å². The van der Waals surface area contributed by atoms with E-state index in [0.717, 1.165) is 23.5 Å². The number of hydrogen-bond donors (Lipinski definition) is 0. The number of fused-ring (bicyclic) bond motifs is 1. The average molecular weight is 316 g/mol. The van der Waals surface area contributed by atoms with Crippen LogP contribution in [0.25, 0.3) is 0 Å². The molecule has 4 rings (SSSR count).